The van der Waals surface area contributed by atoms with Gasteiger partial charge in [0.15, 0.2) is 10.8 Å². The summed E-state index contributed by atoms with van der Waals surface area (Å²) in [5.74, 6) is 0.435. The number of nitrogens with zero attached hydrogens (tertiary/aromatic N) is 1. The molecule has 0 saturated heterocycles. The molecule has 1 heterocycles. The summed E-state index contributed by atoms with van der Waals surface area (Å²) in [6.45, 7) is 2.02. The summed E-state index contributed by atoms with van der Waals surface area (Å²) in [6.07, 6.45) is 2.65. The number of thiazole rings is 1. The van der Waals surface area contributed by atoms with Gasteiger partial charge in [0.05, 0.1) is 5.69 Å². The Hall–Kier alpha value is -0.740. The number of ketones is 1. The highest BCUT2D eigenvalue weighted by Crippen LogP contribution is 2.34. The van der Waals surface area contributed by atoms with E-state index in [-0.39, 0.29) is 18.3 Å². The Morgan fingerprint density at radius 3 is 2.93 bits per heavy atom. The summed E-state index contributed by atoms with van der Waals surface area (Å²) in [7, 11) is 0. The molecule has 1 saturated carbocycles. The van der Waals surface area contributed by atoms with E-state index in [0.29, 0.717) is 11.4 Å². The third kappa shape index (κ3) is 1.86. The van der Waals surface area contributed by atoms with E-state index in [0.717, 1.165) is 23.4 Å². The predicted octanol–water partition coefficient (Wildman–Crippen LogP) is 1.58. The zero-order valence-electron chi connectivity index (χ0n) is 8.12. The van der Waals surface area contributed by atoms with E-state index in [2.05, 4.69) is 4.98 Å². The van der Waals surface area contributed by atoms with Gasteiger partial charge >= 0.3 is 0 Å². The second-order valence-electron chi connectivity index (χ2n) is 3.64. The minimum absolute atomic E-state index is 0.125. The van der Waals surface area contributed by atoms with Gasteiger partial charge in [-0.3, -0.25) is 4.79 Å². The molecule has 0 unspecified atom stereocenters. The highest BCUT2D eigenvalue weighted by atomic mass is 32.1. The number of Topliss-reactive ketones (excluding diaryl/α,β-unsaturated/α-hetero) is 1. The van der Waals surface area contributed by atoms with Crippen LogP contribution in [0, 0.1) is 12.8 Å². The largest absolute Gasteiger partial charge is 0.396 e. The van der Waals surface area contributed by atoms with E-state index in [1.807, 2.05) is 6.92 Å². The van der Waals surface area contributed by atoms with Crippen molar-refractivity contribution in [2.45, 2.75) is 26.2 Å². The average Bonchev–Trinajstić information content (AvgIpc) is 2.93. The van der Waals surface area contributed by atoms with Gasteiger partial charge in [-0.15, -0.1) is 11.3 Å². The summed E-state index contributed by atoms with van der Waals surface area (Å²) in [5.41, 5.74) is 0.896. The third-order valence-corrected chi connectivity index (χ3v) is 3.62. The molecule has 1 aromatic rings. The van der Waals surface area contributed by atoms with Crippen LogP contribution < -0.4 is 0 Å². The summed E-state index contributed by atoms with van der Waals surface area (Å²) in [5, 5.41) is 9.44. The standard InChI is InChI=1S/C10H13NO2S/c1-6-8(4-5-12)14-10(11-6)9(13)7-2-3-7/h7,12H,2-5H2,1H3. The molecule has 1 aromatic heterocycles. The number of carbonyl (C=O) groups is 1. The zero-order chi connectivity index (χ0) is 10.1. The molecule has 0 aromatic carbocycles. The van der Waals surface area contributed by atoms with E-state index in [4.69, 9.17) is 5.11 Å². The van der Waals surface area contributed by atoms with Crippen LogP contribution in [0.1, 0.15) is 33.2 Å². The molecule has 0 amide bonds. The predicted molar refractivity (Wildman–Crippen MR) is 54.7 cm³/mol. The Morgan fingerprint density at radius 2 is 2.36 bits per heavy atom. The maximum atomic E-state index is 11.7. The molecule has 14 heavy (non-hydrogen) atoms. The second kappa shape index (κ2) is 3.79. The number of aliphatic hydroxyl groups is 1. The maximum absolute atomic E-state index is 11.7. The van der Waals surface area contributed by atoms with Gasteiger partial charge < -0.3 is 5.11 Å². The molecule has 1 aliphatic rings. The SMILES string of the molecule is Cc1nc(C(=O)C2CC2)sc1CCO. The third-order valence-electron chi connectivity index (χ3n) is 2.39. The molecular formula is C10H13NO2S. The molecule has 4 heteroatoms. The molecule has 2 rings (SSSR count). The average molecular weight is 211 g/mol. The minimum Gasteiger partial charge on any atom is -0.396 e. The van der Waals surface area contributed by atoms with Crippen molar-refractivity contribution in [1.82, 2.24) is 4.98 Å². The summed E-state index contributed by atoms with van der Waals surface area (Å²) < 4.78 is 0. The Kier molecular flexibility index (Phi) is 2.65. The monoisotopic (exact) mass is 211 g/mol. The molecule has 3 nitrogen and oxygen atoms in total. The quantitative estimate of drug-likeness (QED) is 0.769. The number of carbonyl (C=O) groups excluding carboxylic acids is 1. The van der Waals surface area contributed by atoms with Gasteiger partial charge in [-0.2, -0.15) is 0 Å². The van der Waals surface area contributed by atoms with Crippen LogP contribution in [0.4, 0.5) is 0 Å². The van der Waals surface area contributed by atoms with Crippen molar-refractivity contribution in [2.24, 2.45) is 5.92 Å². The summed E-state index contributed by atoms with van der Waals surface area (Å²) in [4.78, 5) is 16.9. The number of aliphatic hydroxyl groups excluding tert-OH is 1. The first-order chi connectivity index (χ1) is 6.72. The van der Waals surface area contributed by atoms with Crippen molar-refractivity contribution in [1.29, 1.82) is 0 Å². The van der Waals surface area contributed by atoms with Gasteiger partial charge in [-0.25, -0.2) is 4.98 Å². The van der Waals surface area contributed by atoms with Gasteiger partial charge in [-0.1, -0.05) is 0 Å². The molecule has 1 N–H and O–H groups in total. The van der Waals surface area contributed by atoms with E-state index in [9.17, 15) is 4.79 Å². The van der Waals surface area contributed by atoms with Crippen molar-refractivity contribution in [3.8, 4) is 0 Å². The molecule has 1 fully saturated rings. The van der Waals surface area contributed by atoms with Gasteiger partial charge in [0.1, 0.15) is 0 Å². The lowest BCUT2D eigenvalue weighted by Crippen LogP contribution is -1.99. The molecule has 0 aliphatic heterocycles. The van der Waals surface area contributed by atoms with Crippen LogP contribution in [0.3, 0.4) is 0 Å². The van der Waals surface area contributed by atoms with Crippen LogP contribution in [0.2, 0.25) is 0 Å². The van der Waals surface area contributed by atoms with Crippen LogP contribution in [0.5, 0.6) is 0 Å². The fourth-order valence-corrected chi connectivity index (χ4v) is 2.46. The number of aryl methyl sites for hydroxylation is 1. The maximum Gasteiger partial charge on any atom is 0.194 e. The van der Waals surface area contributed by atoms with Crippen LogP contribution in [-0.2, 0) is 6.42 Å². The Balaban J connectivity index is 2.18. The molecule has 1 aliphatic carbocycles. The van der Waals surface area contributed by atoms with Gasteiger partial charge in [0.2, 0.25) is 0 Å². The Bertz CT molecular complexity index is 355. The van der Waals surface area contributed by atoms with E-state index < -0.39 is 0 Å². The number of rotatable bonds is 4. The van der Waals surface area contributed by atoms with E-state index in [1.165, 1.54) is 11.3 Å². The van der Waals surface area contributed by atoms with Crippen LogP contribution >= 0.6 is 11.3 Å². The summed E-state index contributed by atoms with van der Waals surface area (Å²) in [6, 6.07) is 0. The number of aromatic nitrogens is 1. The van der Waals surface area contributed by atoms with Gasteiger partial charge in [0.25, 0.3) is 0 Å². The molecule has 76 valence electrons. The van der Waals surface area contributed by atoms with Crippen molar-refractivity contribution < 1.29 is 9.90 Å². The van der Waals surface area contributed by atoms with Crippen molar-refractivity contribution in [3.05, 3.63) is 15.6 Å². The molecule has 0 atom stereocenters. The zero-order valence-corrected chi connectivity index (χ0v) is 8.93. The van der Waals surface area contributed by atoms with Gasteiger partial charge in [0, 0.05) is 23.8 Å². The highest BCUT2D eigenvalue weighted by molar-refractivity contribution is 7.13. The van der Waals surface area contributed by atoms with Crippen molar-refractivity contribution >= 4 is 17.1 Å². The topological polar surface area (TPSA) is 50.2 Å². The lowest BCUT2D eigenvalue weighted by atomic mass is 10.3. The molecule has 0 bridgehead atoms. The minimum atomic E-state index is 0.125. The van der Waals surface area contributed by atoms with Gasteiger partial charge in [-0.05, 0) is 19.8 Å². The first kappa shape index (κ1) is 9.80. The second-order valence-corrected chi connectivity index (χ2v) is 4.72. The van der Waals surface area contributed by atoms with E-state index in [1.54, 1.807) is 0 Å². The smallest absolute Gasteiger partial charge is 0.194 e. The Labute approximate surface area is 86.8 Å². The lowest BCUT2D eigenvalue weighted by Gasteiger charge is -1.90. The van der Waals surface area contributed by atoms with Crippen molar-refractivity contribution in [3.63, 3.8) is 0 Å². The summed E-state index contributed by atoms with van der Waals surface area (Å²) >= 11 is 1.44. The molecule has 0 spiro atoms. The first-order valence-electron chi connectivity index (χ1n) is 4.83. The van der Waals surface area contributed by atoms with Crippen LogP contribution in [-0.4, -0.2) is 22.5 Å². The highest BCUT2D eigenvalue weighted by Gasteiger charge is 2.32. The molecule has 0 radical (unpaired) electrons. The number of hydrogen-bond donors (Lipinski definition) is 1. The molecular weight excluding hydrogens is 198 g/mol. The fourth-order valence-electron chi connectivity index (χ4n) is 1.39. The normalized spacial score (nSPS) is 15.9. The van der Waals surface area contributed by atoms with Crippen molar-refractivity contribution in [2.75, 3.05) is 6.61 Å². The van der Waals surface area contributed by atoms with Crippen LogP contribution in [0.15, 0.2) is 0 Å². The van der Waals surface area contributed by atoms with Crippen LogP contribution in [0.25, 0.3) is 0 Å². The fraction of sp³-hybridized carbons (Fsp3) is 0.600. The first-order valence-corrected chi connectivity index (χ1v) is 5.65. The Morgan fingerprint density at radius 1 is 1.64 bits per heavy atom. The number of hydrogen-bond acceptors (Lipinski definition) is 4. The van der Waals surface area contributed by atoms with E-state index >= 15 is 0 Å². The lowest BCUT2D eigenvalue weighted by molar-refractivity contribution is 0.0967.